The van der Waals surface area contributed by atoms with Gasteiger partial charge in [0.2, 0.25) is 0 Å². The molecule has 0 bridgehead atoms. The van der Waals surface area contributed by atoms with Gasteiger partial charge in [-0.25, -0.2) is 0 Å². The zero-order chi connectivity index (χ0) is 19.2. The number of nitrogens with one attached hydrogen (secondary N) is 1. The Labute approximate surface area is 158 Å². The molecule has 1 heterocycles. The van der Waals surface area contributed by atoms with Crippen LogP contribution in [0.3, 0.4) is 0 Å². The van der Waals surface area contributed by atoms with E-state index in [4.69, 9.17) is 9.26 Å². The highest BCUT2D eigenvalue weighted by Gasteiger charge is 2.11. The Kier molecular flexibility index (Phi) is 5.86. The normalized spacial score (nSPS) is 10.8. The molecular formula is C21H23N3O3. The highest BCUT2D eigenvalue weighted by atomic mass is 16.5. The van der Waals surface area contributed by atoms with Crippen molar-refractivity contribution < 1.29 is 14.1 Å². The third-order valence-electron chi connectivity index (χ3n) is 4.17. The molecular weight excluding hydrogens is 342 g/mol. The van der Waals surface area contributed by atoms with Crippen LogP contribution in [0.1, 0.15) is 36.7 Å². The number of aromatic nitrogens is 2. The Bertz CT molecular complexity index is 901. The van der Waals surface area contributed by atoms with Gasteiger partial charge in [-0.1, -0.05) is 43.3 Å². The average molecular weight is 365 g/mol. The van der Waals surface area contributed by atoms with E-state index in [1.165, 1.54) is 0 Å². The molecule has 0 unspecified atom stereocenters. The van der Waals surface area contributed by atoms with Gasteiger partial charge in [-0.2, -0.15) is 4.98 Å². The minimum atomic E-state index is -0.166. The van der Waals surface area contributed by atoms with Crippen LogP contribution in [0.4, 0.5) is 0 Å². The number of benzene rings is 2. The maximum atomic E-state index is 12.0. The van der Waals surface area contributed by atoms with Gasteiger partial charge in [0.1, 0.15) is 5.75 Å². The monoisotopic (exact) mass is 365 g/mol. The second-order valence-corrected chi connectivity index (χ2v) is 6.63. The lowest BCUT2D eigenvalue weighted by Crippen LogP contribution is -2.28. The molecule has 1 N–H and O–H groups in total. The average Bonchev–Trinajstić information content (AvgIpc) is 3.17. The Hall–Kier alpha value is -3.15. The summed E-state index contributed by atoms with van der Waals surface area (Å²) in [6.45, 7) is 6.49. The number of aryl methyl sites for hydroxylation is 1. The molecule has 0 aliphatic carbocycles. The minimum Gasteiger partial charge on any atom is -0.484 e. The number of ether oxygens (including phenoxy) is 1. The third-order valence-corrected chi connectivity index (χ3v) is 4.17. The molecule has 1 amide bonds. The van der Waals surface area contributed by atoms with Gasteiger partial charge in [0, 0.05) is 18.0 Å². The van der Waals surface area contributed by atoms with Gasteiger partial charge in [-0.3, -0.25) is 4.79 Å². The minimum absolute atomic E-state index is 0.0384. The summed E-state index contributed by atoms with van der Waals surface area (Å²) in [5, 5.41) is 6.82. The molecule has 27 heavy (non-hydrogen) atoms. The lowest BCUT2D eigenvalue weighted by atomic mass is 10.1. The van der Waals surface area contributed by atoms with Gasteiger partial charge in [0.15, 0.2) is 12.4 Å². The maximum Gasteiger partial charge on any atom is 0.258 e. The molecule has 2 aromatic carbocycles. The molecule has 0 atom stereocenters. The highest BCUT2D eigenvalue weighted by Crippen LogP contribution is 2.22. The number of hydrogen-bond acceptors (Lipinski definition) is 5. The van der Waals surface area contributed by atoms with Crippen molar-refractivity contribution in [2.24, 2.45) is 0 Å². The smallest absolute Gasteiger partial charge is 0.258 e. The first-order valence-electron chi connectivity index (χ1n) is 8.91. The summed E-state index contributed by atoms with van der Waals surface area (Å²) in [6, 6.07) is 15.2. The van der Waals surface area contributed by atoms with Crippen molar-refractivity contribution in [3.05, 3.63) is 65.5 Å². The van der Waals surface area contributed by atoms with E-state index in [2.05, 4.69) is 15.5 Å². The van der Waals surface area contributed by atoms with Gasteiger partial charge in [0.05, 0.1) is 0 Å². The van der Waals surface area contributed by atoms with Crippen molar-refractivity contribution in [1.82, 2.24) is 15.5 Å². The van der Waals surface area contributed by atoms with E-state index >= 15 is 0 Å². The second kappa shape index (κ2) is 8.49. The van der Waals surface area contributed by atoms with Crippen LogP contribution < -0.4 is 10.1 Å². The van der Waals surface area contributed by atoms with Gasteiger partial charge < -0.3 is 14.6 Å². The summed E-state index contributed by atoms with van der Waals surface area (Å²) in [5.41, 5.74) is 3.05. The van der Waals surface area contributed by atoms with Gasteiger partial charge in [0.25, 0.3) is 11.8 Å². The first-order chi connectivity index (χ1) is 13.0. The summed E-state index contributed by atoms with van der Waals surface area (Å²) in [4.78, 5) is 16.3. The van der Waals surface area contributed by atoms with E-state index in [-0.39, 0.29) is 18.4 Å². The summed E-state index contributed by atoms with van der Waals surface area (Å²) in [5.74, 6) is 1.80. The first kappa shape index (κ1) is 18.6. The van der Waals surface area contributed by atoms with E-state index in [1.54, 1.807) is 12.1 Å². The SMILES string of the molecule is Cc1ccccc1CNC(=O)COc1ccc(-c2nc(C(C)C)no2)cc1. The van der Waals surface area contributed by atoms with Gasteiger partial charge >= 0.3 is 0 Å². The molecule has 6 nitrogen and oxygen atoms in total. The molecule has 140 valence electrons. The molecule has 3 rings (SSSR count). The predicted molar refractivity (Wildman–Crippen MR) is 102 cm³/mol. The molecule has 0 radical (unpaired) electrons. The van der Waals surface area contributed by atoms with Crippen molar-refractivity contribution in [3.8, 4) is 17.2 Å². The Morgan fingerprint density at radius 3 is 2.56 bits per heavy atom. The van der Waals surface area contributed by atoms with Gasteiger partial charge in [-0.05, 0) is 42.3 Å². The lowest BCUT2D eigenvalue weighted by molar-refractivity contribution is -0.123. The molecule has 1 aromatic heterocycles. The molecule has 0 aliphatic rings. The standard InChI is InChI=1S/C21H23N3O3/c1-14(2)20-23-21(27-24-20)16-8-10-18(11-9-16)26-13-19(25)22-12-17-7-5-4-6-15(17)3/h4-11,14H,12-13H2,1-3H3,(H,22,25). The lowest BCUT2D eigenvalue weighted by Gasteiger charge is -2.09. The van der Waals surface area contributed by atoms with Gasteiger partial charge in [-0.15, -0.1) is 0 Å². The van der Waals surface area contributed by atoms with Crippen molar-refractivity contribution in [2.75, 3.05) is 6.61 Å². The summed E-state index contributed by atoms with van der Waals surface area (Å²) >= 11 is 0. The summed E-state index contributed by atoms with van der Waals surface area (Å²) in [6.07, 6.45) is 0. The number of carbonyl (C=O) groups excluding carboxylic acids is 1. The summed E-state index contributed by atoms with van der Waals surface area (Å²) < 4.78 is 10.8. The van der Waals surface area contributed by atoms with Crippen LogP contribution in [-0.4, -0.2) is 22.7 Å². The topological polar surface area (TPSA) is 77.2 Å². The van der Waals surface area contributed by atoms with Crippen LogP contribution in [0.25, 0.3) is 11.5 Å². The van der Waals surface area contributed by atoms with E-state index in [0.29, 0.717) is 24.0 Å². The zero-order valence-electron chi connectivity index (χ0n) is 15.7. The Morgan fingerprint density at radius 2 is 1.89 bits per heavy atom. The second-order valence-electron chi connectivity index (χ2n) is 6.63. The van der Waals surface area contributed by atoms with Crippen molar-refractivity contribution in [1.29, 1.82) is 0 Å². The van der Waals surface area contributed by atoms with Crippen LogP contribution in [0.5, 0.6) is 5.75 Å². The van der Waals surface area contributed by atoms with Crippen LogP contribution in [0.15, 0.2) is 53.1 Å². The molecule has 0 fully saturated rings. The fraction of sp³-hybridized carbons (Fsp3) is 0.286. The maximum absolute atomic E-state index is 12.0. The molecule has 0 spiro atoms. The fourth-order valence-electron chi connectivity index (χ4n) is 2.48. The van der Waals surface area contributed by atoms with E-state index in [0.717, 1.165) is 16.7 Å². The molecule has 0 aliphatic heterocycles. The van der Waals surface area contributed by atoms with Crippen molar-refractivity contribution in [2.45, 2.75) is 33.2 Å². The summed E-state index contributed by atoms with van der Waals surface area (Å²) in [7, 11) is 0. The Balaban J connectivity index is 1.51. The third kappa shape index (κ3) is 4.94. The van der Waals surface area contributed by atoms with E-state index < -0.39 is 0 Å². The largest absolute Gasteiger partial charge is 0.484 e. The zero-order valence-corrected chi connectivity index (χ0v) is 15.7. The molecule has 0 saturated carbocycles. The molecule has 0 saturated heterocycles. The van der Waals surface area contributed by atoms with E-state index in [9.17, 15) is 4.79 Å². The number of rotatable bonds is 7. The fourth-order valence-corrected chi connectivity index (χ4v) is 2.48. The number of carbonyl (C=O) groups is 1. The van der Waals surface area contributed by atoms with Crippen LogP contribution in [0, 0.1) is 6.92 Å². The van der Waals surface area contributed by atoms with Crippen molar-refractivity contribution >= 4 is 5.91 Å². The van der Waals surface area contributed by atoms with E-state index in [1.807, 2.05) is 57.2 Å². The van der Waals surface area contributed by atoms with Crippen LogP contribution in [0.2, 0.25) is 0 Å². The number of hydrogen-bond donors (Lipinski definition) is 1. The highest BCUT2D eigenvalue weighted by molar-refractivity contribution is 5.77. The van der Waals surface area contributed by atoms with Crippen LogP contribution in [-0.2, 0) is 11.3 Å². The van der Waals surface area contributed by atoms with Crippen LogP contribution >= 0.6 is 0 Å². The molecule has 3 aromatic rings. The Morgan fingerprint density at radius 1 is 1.15 bits per heavy atom. The predicted octanol–water partition coefficient (Wildman–Crippen LogP) is 3.86. The number of nitrogens with zero attached hydrogens (tertiary/aromatic N) is 2. The number of amides is 1. The van der Waals surface area contributed by atoms with Crippen molar-refractivity contribution in [3.63, 3.8) is 0 Å². The quantitative estimate of drug-likeness (QED) is 0.688. The first-order valence-corrected chi connectivity index (χ1v) is 8.91. The molecule has 6 heteroatoms.